The summed E-state index contributed by atoms with van der Waals surface area (Å²) in [6.45, 7) is 2.05. The molecule has 0 aliphatic heterocycles. The molecule has 0 atom stereocenters. The summed E-state index contributed by atoms with van der Waals surface area (Å²) in [6.07, 6.45) is 0.793. The molecule has 1 fully saturated rings. The molecule has 0 bridgehead atoms. The highest BCUT2D eigenvalue weighted by atomic mass is 16.5. The minimum atomic E-state index is -0.825. The Balaban J connectivity index is 1.73. The quantitative estimate of drug-likeness (QED) is 0.821. The van der Waals surface area contributed by atoms with Crippen LogP contribution in [0.15, 0.2) is 24.3 Å². The number of amides is 1. The molecule has 0 unspecified atom stereocenters. The maximum atomic E-state index is 12.6. The first-order valence-corrected chi connectivity index (χ1v) is 8.39. The Morgan fingerprint density at radius 3 is 2.65 bits per heavy atom. The molecule has 3 rings (SSSR count). The third-order valence-electron chi connectivity index (χ3n) is 5.05. The molecule has 1 aromatic carbocycles. The second kappa shape index (κ2) is 6.92. The molecule has 1 heterocycles. The van der Waals surface area contributed by atoms with Gasteiger partial charge < -0.3 is 19.9 Å². The Bertz CT molecular complexity index is 858. The van der Waals surface area contributed by atoms with Gasteiger partial charge in [-0.15, -0.1) is 0 Å². The summed E-state index contributed by atoms with van der Waals surface area (Å²) in [6, 6.07) is 7.30. The average molecular weight is 358 g/mol. The minimum absolute atomic E-state index is 0.247. The molecule has 26 heavy (non-hydrogen) atoms. The molecule has 0 spiro atoms. The lowest BCUT2D eigenvalue weighted by Crippen LogP contribution is -2.55. The SMILES string of the molecule is COc1ccc2cc(C(=O)NCC3(OC)CC(C(=O)O)C3)c(C)nc2c1. The first kappa shape index (κ1) is 18.1. The summed E-state index contributed by atoms with van der Waals surface area (Å²) in [7, 11) is 3.14. The number of fused-ring (bicyclic) bond motifs is 1. The number of hydrogen-bond donors (Lipinski definition) is 2. The maximum absolute atomic E-state index is 12.6. The van der Waals surface area contributed by atoms with Gasteiger partial charge in [-0.3, -0.25) is 14.6 Å². The van der Waals surface area contributed by atoms with Crippen LogP contribution >= 0.6 is 0 Å². The topological polar surface area (TPSA) is 97.8 Å². The zero-order valence-electron chi connectivity index (χ0n) is 15.0. The van der Waals surface area contributed by atoms with E-state index in [1.807, 2.05) is 18.2 Å². The number of hydrogen-bond acceptors (Lipinski definition) is 5. The van der Waals surface area contributed by atoms with Gasteiger partial charge in [-0.2, -0.15) is 0 Å². The van der Waals surface area contributed by atoms with Gasteiger partial charge in [0.1, 0.15) is 5.75 Å². The largest absolute Gasteiger partial charge is 0.497 e. The highest BCUT2D eigenvalue weighted by molar-refractivity contribution is 5.98. The first-order chi connectivity index (χ1) is 12.4. The van der Waals surface area contributed by atoms with Gasteiger partial charge in [0.05, 0.1) is 35.4 Å². The first-order valence-electron chi connectivity index (χ1n) is 8.39. The van der Waals surface area contributed by atoms with Crippen LogP contribution in [0.25, 0.3) is 10.9 Å². The third kappa shape index (κ3) is 3.35. The Labute approximate surface area is 151 Å². The third-order valence-corrected chi connectivity index (χ3v) is 5.05. The fourth-order valence-corrected chi connectivity index (χ4v) is 3.33. The molecule has 1 aromatic heterocycles. The van der Waals surface area contributed by atoms with Crippen LogP contribution < -0.4 is 10.1 Å². The smallest absolute Gasteiger partial charge is 0.306 e. The van der Waals surface area contributed by atoms with E-state index in [9.17, 15) is 9.59 Å². The molecule has 7 heteroatoms. The zero-order chi connectivity index (χ0) is 18.9. The number of carboxylic acids is 1. The predicted octanol–water partition coefficient (Wildman–Crippen LogP) is 2.16. The molecule has 0 saturated heterocycles. The van der Waals surface area contributed by atoms with Crippen molar-refractivity contribution in [1.82, 2.24) is 10.3 Å². The van der Waals surface area contributed by atoms with Crippen LogP contribution in [0.4, 0.5) is 0 Å². The Hall–Kier alpha value is -2.67. The van der Waals surface area contributed by atoms with Crippen molar-refractivity contribution >= 4 is 22.8 Å². The van der Waals surface area contributed by atoms with E-state index in [-0.39, 0.29) is 12.5 Å². The Morgan fingerprint density at radius 1 is 1.31 bits per heavy atom. The van der Waals surface area contributed by atoms with Crippen LogP contribution in [0.1, 0.15) is 28.9 Å². The lowest BCUT2D eigenvalue weighted by molar-refractivity contribution is -0.161. The molecule has 138 valence electrons. The van der Waals surface area contributed by atoms with E-state index in [1.54, 1.807) is 27.2 Å². The lowest BCUT2D eigenvalue weighted by atomic mass is 9.70. The second-order valence-electron chi connectivity index (χ2n) is 6.69. The number of pyridine rings is 1. The van der Waals surface area contributed by atoms with Crippen molar-refractivity contribution in [3.05, 3.63) is 35.5 Å². The molecular weight excluding hydrogens is 336 g/mol. The number of carbonyl (C=O) groups excluding carboxylic acids is 1. The van der Waals surface area contributed by atoms with Crippen molar-refractivity contribution in [2.24, 2.45) is 5.92 Å². The normalized spacial score (nSPS) is 21.9. The number of nitrogens with zero attached hydrogens (tertiary/aromatic N) is 1. The van der Waals surface area contributed by atoms with Crippen LogP contribution in [0.2, 0.25) is 0 Å². The van der Waals surface area contributed by atoms with E-state index in [0.29, 0.717) is 29.8 Å². The predicted molar refractivity (Wildman–Crippen MR) is 95.5 cm³/mol. The number of aliphatic carboxylic acids is 1. The van der Waals surface area contributed by atoms with Crippen molar-refractivity contribution in [2.75, 3.05) is 20.8 Å². The number of rotatable bonds is 6. The molecule has 1 aliphatic rings. The van der Waals surface area contributed by atoms with Crippen molar-refractivity contribution < 1.29 is 24.2 Å². The summed E-state index contributed by atoms with van der Waals surface area (Å²) in [5.41, 5.74) is 1.26. The molecule has 1 saturated carbocycles. The fourth-order valence-electron chi connectivity index (χ4n) is 3.33. The highest BCUT2D eigenvalue weighted by Gasteiger charge is 2.48. The van der Waals surface area contributed by atoms with Gasteiger partial charge in [-0.1, -0.05) is 0 Å². The van der Waals surface area contributed by atoms with Crippen LogP contribution in [0.3, 0.4) is 0 Å². The summed E-state index contributed by atoms with van der Waals surface area (Å²) < 4.78 is 10.7. The van der Waals surface area contributed by atoms with Gasteiger partial charge in [-0.05, 0) is 38.0 Å². The molecule has 1 amide bonds. The number of methoxy groups -OCH3 is 2. The van der Waals surface area contributed by atoms with Gasteiger partial charge in [0, 0.05) is 25.1 Å². The monoisotopic (exact) mass is 358 g/mol. The average Bonchev–Trinajstić information content (AvgIpc) is 2.59. The standard InChI is InChI=1S/C19H22N2O5/c1-11-15(6-12-4-5-14(25-2)7-16(12)21-11)17(22)20-10-19(26-3)8-13(9-19)18(23)24/h4-7,13H,8-10H2,1-3H3,(H,20,22)(H,23,24). The maximum Gasteiger partial charge on any atom is 0.306 e. The number of ether oxygens (including phenoxy) is 2. The number of aryl methyl sites for hydroxylation is 1. The van der Waals surface area contributed by atoms with E-state index in [1.165, 1.54) is 0 Å². The van der Waals surface area contributed by atoms with Crippen LogP contribution in [-0.2, 0) is 9.53 Å². The van der Waals surface area contributed by atoms with E-state index in [2.05, 4.69) is 10.3 Å². The molecule has 7 nitrogen and oxygen atoms in total. The fraction of sp³-hybridized carbons (Fsp3) is 0.421. The van der Waals surface area contributed by atoms with E-state index >= 15 is 0 Å². The van der Waals surface area contributed by atoms with Crippen molar-refractivity contribution in [1.29, 1.82) is 0 Å². The van der Waals surface area contributed by atoms with Crippen molar-refractivity contribution in [3.63, 3.8) is 0 Å². The number of benzene rings is 1. The lowest BCUT2D eigenvalue weighted by Gasteiger charge is -2.44. The van der Waals surface area contributed by atoms with E-state index < -0.39 is 17.5 Å². The molecular formula is C19H22N2O5. The van der Waals surface area contributed by atoms with Gasteiger partial charge >= 0.3 is 5.97 Å². The van der Waals surface area contributed by atoms with Crippen molar-refractivity contribution in [2.45, 2.75) is 25.4 Å². The highest BCUT2D eigenvalue weighted by Crippen LogP contribution is 2.40. The molecule has 2 aromatic rings. The molecule has 0 radical (unpaired) electrons. The summed E-state index contributed by atoms with van der Waals surface area (Å²) in [5, 5.41) is 12.7. The number of aromatic nitrogens is 1. The molecule has 1 aliphatic carbocycles. The Morgan fingerprint density at radius 2 is 2.04 bits per heavy atom. The Kier molecular flexibility index (Phi) is 4.82. The number of nitrogens with one attached hydrogen (secondary N) is 1. The molecule has 2 N–H and O–H groups in total. The van der Waals surface area contributed by atoms with Gasteiger partial charge in [0.15, 0.2) is 0 Å². The van der Waals surface area contributed by atoms with Crippen molar-refractivity contribution in [3.8, 4) is 5.75 Å². The zero-order valence-corrected chi connectivity index (χ0v) is 15.0. The number of carbonyl (C=O) groups is 2. The van der Waals surface area contributed by atoms with E-state index in [0.717, 1.165) is 10.9 Å². The van der Waals surface area contributed by atoms with Gasteiger partial charge in [-0.25, -0.2) is 0 Å². The van der Waals surface area contributed by atoms with Crippen LogP contribution in [0, 0.1) is 12.8 Å². The summed E-state index contributed by atoms with van der Waals surface area (Å²) in [4.78, 5) is 28.1. The summed E-state index contributed by atoms with van der Waals surface area (Å²) in [5.74, 6) is -0.774. The van der Waals surface area contributed by atoms with E-state index in [4.69, 9.17) is 14.6 Å². The summed E-state index contributed by atoms with van der Waals surface area (Å²) >= 11 is 0. The van der Waals surface area contributed by atoms with Gasteiger partial charge in [0.2, 0.25) is 0 Å². The van der Waals surface area contributed by atoms with Crippen LogP contribution in [0.5, 0.6) is 5.75 Å². The second-order valence-corrected chi connectivity index (χ2v) is 6.69. The minimum Gasteiger partial charge on any atom is -0.497 e. The van der Waals surface area contributed by atoms with Crippen LogP contribution in [-0.4, -0.2) is 48.3 Å². The van der Waals surface area contributed by atoms with Gasteiger partial charge in [0.25, 0.3) is 5.91 Å². The number of carboxylic acid groups (broad SMARTS) is 1.